The Morgan fingerprint density at radius 3 is 1.95 bits per heavy atom. The number of nitrogens with zero attached hydrogens (tertiary/aromatic N) is 1. The van der Waals surface area contributed by atoms with Gasteiger partial charge >= 0.3 is 0 Å². The van der Waals surface area contributed by atoms with Crippen molar-refractivity contribution < 1.29 is 0 Å². The van der Waals surface area contributed by atoms with Gasteiger partial charge in [-0.2, -0.15) is 5.10 Å². The van der Waals surface area contributed by atoms with Gasteiger partial charge in [-0.05, 0) is 24.1 Å². The Hall–Kier alpha value is -1.28. The minimum Gasteiger partial charge on any atom is -0.282 e. The SMILES string of the molecule is CC.CC.CC(C)c1cc(-c2ccc(Cl)cc2)n[nH]1. The molecular weight excluding hydrogens is 256 g/mol. The van der Waals surface area contributed by atoms with Crippen LogP contribution in [0.1, 0.15) is 53.2 Å². The number of aromatic nitrogens is 2. The van der Waals surface area contributed by atoms with Crippen LogP contribution < -0.4 is 0 Å². The lowest BCUT2D eigenvalue weighted by Crippen LogP contribution is -1.85. The molecule has 0 fully saturated rings. The highest BCUT2D eigenvalue weighted by molar-refractivity contribution is 6.30. The number of hydrogen-bond donors (Lipinski definition) is 1. The number of hydrogen-bond acceptors (Lipinski definition) is 1. The lowest BCUT2D eigenvalue weighted by Gasteiger charge is -1.97. The molecule has 0 aliphatic carbocycles. The highest BCUT2D eigenvalue weighted by Crippen LogP contribution is 2.22. The molecule has 0 spiro atoms. The van der Waals surface area contributed by atoms with Gasteiger partial charge in [-0.25, -0.2) is 0 Å². The van der Waals surface area contributed by atoms with Crippen molar-refractivity contribution in [1.82, 2.24) is 10.2 Å². The van der Waals surface area contributed by atoms with Crippen LogP contribution >= 0.6 is 11.6 Å². The van der Waals surface area contributed by atoms with E-state index in [1.807, 2.05) is 52.0 Å². The van der Waals surface area contributed by atoms with Gasteiger partial charge in [0, 0.05) is 16.3 Å². The van der Waals surface area contributed by atoms with Crippen LogP contribution in [0.2, 0.25) is 5.02 Å². The largest absolute Gasteiger partial charge is 0.282 e. The zero-order valence-corrected chi connectivity index (χ0v) is 13.5. The Morgan fingerprint density at radius 2 is 1.53 bits per heavy atom. The number of rotatable bonds is 2. The highest BCUT2D eigenvalue weighted by Gasteiger charge is 2.06. The predicted octanol–water partition coefficient (Wildman–Crippen LogP) is 5.91. The van der Waals surface area contributed by atoms with E-state index in [9.17, 15) is 0 Å². The van der Waals surface area contributed by atoms with Gasteiger partial charge in [0.2, 0.25) is 0 Å². The zero-order valence-electron chi connectivity index (χ0n) is 12.8. The van der Waals surface area contributed by atoms with Crippen LogP contribution in [0, 0.1) is 0 Å². The van der Waals surface area contributed by atoms with E-state index in [1.54, 1.807) is 0 Å². The van der Waals surface area contributed by atoms with E-state index >= 15 is 0 Å². The van der Waals surface area contributed by atoms with Crippen LogP contribution in [0.4, 0.5) is 0 Å². The topological polar surface area (TPSA) is 28.7 Å². The lowest BCUT2D eigenvalue weighted by molar-refractivity contribution is 0.811. The molecule has 0 atom stereocenters. The van der Waals surface area contributed by atoms with Crippen molar-refractivity contribution in [2.75, 3.05) is 0 Å². The predicted molar refractivity (Wildman–Crippen MR) is 85.8 cm³/mol. The third-order valence-corrected chi connectivity index (χ3v) is 2.61. The highest BCUT2D eigenvalue weighted by atomic mass is 35.5. The fourth-order valence-corrected chi connectivity index (χ4v) is 1.53. The van der Waals surface area contributed by atoms with Crippen LogP contribution in [0.3, 0.4) is 0 Å². The molecule has 19 heavy (non-hydrogen) atoms. The zero-order chi connectivity index (χ0) is 14.8. The molecule has 1 aromatic heterocycles. The molecule has 0 unspecified atom stereocenters. The summed E-state index contributed by atoms with van der Waals surface area (Å²) in [7, 11) is 0. The first kappa shape index (κ1) is 17.7. The van der Waals surface area contributed by atoms with Crippen LogP contribution in [0.5, 0.6) is 0 Å². The summed E-state index contributed by atoms with van der Waals surface area (Å²) in [5, 5.41) is 8.05. The second-order valence-corrected chi connectivity index (χ2v) is 4.31. The summed E-state index contributed by atoms with van der Waals surface area (Å²) in [6.07, 6.45) is 0. The van der Waals surface area contributed by atoms with Crippen molar-refractivity contribution >= 4 is 11.6 Å². The Labute approximate surface area is 122 Å². The average Bonchev–Trinajstić information content (AvgIpc) is 2.94. The molecule has 0 radical (unpaired) electrons. The maximum atomic E-state index is 5.83. The van der Waals surface area contributed by atoms with Gasteiger partial charge in [-0.3, -0.25) is 5.10 Å². The quantitative estimate of drug-likeness (QED) is 0.728. The number of H-pyrrole nitrogens is 1. The fraction of sp³-hybridized carbons (Fsp3) is 0.438. The van der Waals surface area contributed by atoms with Crippen molar-refractivity contribution in [1.29, 1.82) is 0 Å². The molecule has 1 aromatic carbocycles. The fourth-order valence-electron chi connectivity index (χ4n) is 1.40. The number of benzene rings is 1. The lowest BCUT2D eigenvalue weighted by atomic mass is 10.1. The van der Waals surface area contributed by atoms with Crippen molar-refractivity contribution in [2.45, 2.75) is 47.5 Å². The molecule has 2 rings (SSSR count). The van der Waals surface area contributed by atoms with Gasteiger partial charge in [0.05, 0.1) is 5.69 Å². The Kier molecular flexibility index (Phi) is 8.98. The smallest absolute Gasteiger partial charge is 0.0923 e. The van der Waals surface area contributed by atoms with Gasteiger partial charge in [-0.1, -0.05) is 65.3 Å². The first-order valence-electron chi connectivity index (χ1n) is 6.98. The molecule has 3 heteroatoms. The normalized spacial score (nSPS) is 9.26. The maximum absolute atomic E-state index is 5.83. The molecule has 0 amide bonds. The molecule has 0 bridgehead atoms. The standard InChI is InChI=1S/C12H13ClN2.2C2H6/c1-8(2)11-7-12(15-14-11)9-3-5-10(13)6-4-9;2*1-2/h3-8H,1-2H3,(H,14,15);2*1-2H3. The molecule has 0 saturated heterocycles. The molecule has 2 nitrogen and oxygen atoms in total. The second-order valence-electron chi connectivity index (χ2n) is 3.87. The minimum absolute atomic E-state index is 0.471. The van der Waals surface area contributed by atoms with E-state index in [0.29, 0.717) is 5.92 Å². The number of nitrogens with one attached hydrogen (secondary N) is 1. The summed E-state index contributed by atoms with van der Waals surface area (Å²) in [6, 6.07) is 9.78. The number of aromatic amines is 1. The van der Waals surface area contributed by atoms with Crippen LogP contribution in [-0.4, -0.2) is 10.2 Å². The average molecular weight is 281 g/mol. The Balaban J connectivity index is 0.000000741. The van der Waals surface area contributed by atoms with Gasteiger partial charge in [0.25, 0.3) is 0 Å². The van der Waals surface area contributed by atoms with Crippen molar-refractivity contribution in [3.8, 4) is 11.3 Å². The van der Waals surface area contributed by atoms with E-state index in [-0.39, 0.29) is 0 Å². The van der Waals surface area contributed by atoms with Crippen LogP contribution in [-0.2, 0) is 0 Å². The first-order chi connectivity index (χ1) is 9.16. The summed E-state index contributed by atoms with van der Waals surface area (Å²) in [6.45, 7) is 12.3. The molecule has 1 heterocycles. The Morgan fingerprint density at radius 1 is 1.00 bits per heavy atom. The van der Waals surface area contributed by atoms with E-state index in [4.69, 9.17) is 11.6 Å². The van der Waals surface area contributed by atoms with E-state index < -0.39 is 0 Å². The Bertz CT molecular complexity index is 444. The van der Waals surface area contributed by atoms with E-state index in [1.165, 1.54) is 0 Å². The monoisotopic (exact) mass is 280 g/mol. The van der Waals surface area contributed by atoms with Gasteiger partial charge in [-0.15, -0.1) is 0 Å². The summed E-state index contributed by atoms with van der Waals surface area (Å²) in [5.41, 5.74) is 3.21. The molecule has 0 aliphatic heterocycles. The molecule has 106 valence electrons. The van der Waals surface area contributed by atoms with Gasteiger partial charge in [0.15, 0.2) is 0 Å². The summed E-state index contributed by atoms with van der Waals surface area (Å²) in [5.74, 6) is 0.471. The summed E-state index contributed by atoms with van der Waals surface area (Å²) in [4.78, 5) is 0. The third kappa shape index (κ3) is 5.48. The van der Waals surface area contributed by atoms with E-state index in [0.717, 1.165) is 22.0 Å². The van der Waals surface area contributed by atoms with Gasteiger partial charge in [0.1, 0.15) is 0 Å². The minimum atomic E-state index is 0.471. The van der Waals surface area contributed by atoms with Gasteiger partial charge < -0.3 is 0 Å². The van der Waals surface area contributed by atoms with Crippen LogP contribution in [0.25, 0.3) is 11.3 Å². The molecule has 0 aliphatic rings. The van der Waals surface area contributed by atoms with Crippen molar-refractivity contribution in [3.05, 3.63) is 41.0 Å². The molecular formula is C16H25ClN2. The molecule has 0 saturated carbocycles. The third-order valence-electron chi connectivity index (χ3n) is 2.36. The molecule has 2 aromatic rings. The van der Waals surface area contributed by atoms with Crippen LogP contribution in [0.15, 0.2) is 30.3 Å². The summed E-state index contributed by atoms with van der Waals surface area (Å²) >= 11 is 5.83. The molecule has 1 N–H and O–H groups in total. The number of halogens is 1. The second kappa shape index (κ2) is 9.62. The maximum Gasteiger partial charge on any atom is 0.0923 e. The van der Waals surface area contributed by atoms with Crippen molar-refractivity contribution in [3.63, 3.8) is 0 Å². The van der Waals surface area contributed by atoms with Crippen molar-refractivity contribution in [2.24, 2.45) is 0 Å². The van der Waals surface area contributed by atoms with E-state index in [2.05, 4.69) is 30.1 Å². The first-order valence-corrected chi connectivity index (χ1v) is 7.36. The summed E-state index contributed by atoms with van der Waals surface area (Å²) < 4.78 is 0.